The van der Waals surface area contributed by atoms with Gasteiger partial charge < -0.3 is 14.7 Å². The number of hydrogen-bond donors (Lipinski definition) is 0. The van der Waals surface area contributed by atoms with Crippen molar-refractivity contribution in [2.75, 3.05) is 54.0 Å². The molecule has 0 amide bonds. The molecule has 3 aromatic rings. The van der Waals surface area contributed by atoms with Crippen LogP contribution >= 0.6 is 0 Å². The lowest BCUT2D eigenvalue weighted by Crippen LogP contribution is -2.47. The topological polar surface area (TPSA) is 74.2 Å². The lowest BCUT2D eigenvalue weighted by Gasteiger charge is -2.36. The fraction of sp³-hybridized carbons (Fsp3) is 0.450. The van der Waals surface area contributed by atoms with Crippen molar-refractivity contribution in [3.8, 4) is 0 Å². The first-order valence-electron chi connectivity index (χ1n) is 9.93. The first-order valence-corrected chi connectivity index (χ1v) is 9.93. The Labute approximate surface area is 164 Å². The Hall–Kier alpha value is -3.03. The van der Waals surface area contributed by atoms with Crippen LogP contribution in [0.3, 0.4) is 0 Å². The number of aromatic nitrogens is 5. The fourth-order valence-electron chi connectivity index (χ4n) is 4.05. The van der Waals surface area contributed by atoms with Gasteiger partial charge in [-0.15, -0.1) is 0 Å². The Morgan fingerprint density at radius 3 is 2.46 bits per heavy atom. The van der Waals surface area contributed by atoms with Crippen LogP contribution in [0.15, 0.2) is 30.9 Å². The Morgan fingerprint density at radius 2 is 1.64 bits per heavy atom. The minimum atomic E-state index is 0.879. The van der Waals surface area contributed by atoms with E-state index in [-0.39, 0.29) is 0 Å². The number of rotatable bonds is 3. The van der Waals surface area contributed by atoms with E-state index in [2.05, 4.69) is 47.6 Å². The minimum absolute atomic E-state index is 0.879. The maximum atomic E-state index is 4.88. The average Bonchev–Trinajstić information content (AvgIpc) is 3.28. The van der Waals surface area contributed by atoms with Gasteiger partial charge in [-0.05, 0) is 25.8 Å². The summed E-state index contributed by atoms with van der Waals surface area (Å²) in [4.78, 5) is 29.6. The number of nitrogens with zero attached hydrogens (tertiary/aromatic N) is 8. The summed E-state index contributed by atoms with van der Waals surface area (Å²) < 4.78 is 0. The smallest absolute Gasteiger partial charge is 0.227 e. The molecule has 0 aliphatic carbocycles. The number of piperazine rings is 1. The molecule has 0 atom stereocenters. The van der Waals surface area contributed by atoms with Crippen LogP contribution < -0.4 is 14.7 Å². The quantitative estimate of drug-likeness (QED) is 0.688. The van der Waals surface area contributed by atoms with Gasteiger partial charge >= 0.3 is 0 Å². The summed E-state index contributed by atoms with van der Waals surface area (Å²) in [5.41, 5.74) is 1.92. The predicted molar refractivity (Wildman–Crippen MR) is 110 cm³/mol. The second kappa shape index (κ2) is 7.18. The highest BCUT2D eigenvalue weighted by Gasteiger charge is 2.23. The van der Waals surface area contributed by atoms with Crippen LogP contribution in [-0.4, -0.2) is 64.2 Å². The first-order chi connectivity index (χ1) is 13.8. The van der Waals surface area contributed by atoms with E-state index in [0.29, 0.717) is 0 Å². The third-order valence-corrected chi connectivity index (χ3v) is 5.54. The van der Waals surface area contributed by atoms with Gasteiger partial charge in [0.15, 0.2) is 0 Å². The maximum absolute atomic E-state index is 4.88. The van der Waals surface area contributed by atoms with Gasteiger partial charge in [-0.1, -0.05) is 0 Å². The zero-order valence-electron chi connectivity index (χ0n) is 16.1. The monoisotopic (exact) mass is 376 g/mol. The summed E-state index contributed by atoms with van der Waals surface area (Å²) >= 11 is 0. The van der Waals surface area contributed by atoms with E-state index in [1.54, 1.807) is 18.7 Å². The van der Waals surface area contributed by atoms with Gasteiger partial charge in [0, 0.05) is 62.6 Å². The van der Waals surface area contributed by atoms with Crippen molar-refractivity contribution in [3.63, 3.8) is 0 Å². The highest BCUT2D eigenvalue weighted by Crippen LogP contribution is 2.25. The summed E-state index contributed by atoms with van der Waals surface area (Å²) in [7, 11) is 0. The SMILES string of the molecule is Cc1cc(N2CCN(c3ncnc4cnccc34)CC2)nc(N2CCCC2)n1. The molecule has 2 fully saturated rings. The summed E-state index contributed by atoms with van der Waals surface area (Å²) in [6.07, 6.45) is 7.68. The molecule has 2 saturated heterocycles. The fourth-order valence-corrected chi connectivity index (χ4v) is 4.05. The van der Waals surface area contributed by atoms with Crippen LogP contribution in [0, 0.1) is 6.92 Å². The molecule has 0 N–H and O–H groups in total. The summed E-state index contributed by atoms with van der Waals surface area (Å²) in [6, 6.07) is 4.09. The molecule has 0 bridgehead atoms. The molecule has 3 aromatic heterocycles. The van der Waals surface area contributed by atoms with E-state index in [1.165, 1.54) is 12.8 Å². The Balaban J connectivity index is 1.34. The van der Waals surface area contributed by atoms with E-state index in [0.717, 1.165) is 73.4 Å². The second-order valence-electron chi connectivity index (χ2n) is 7.43. The molecular formula is C20H24N8. The molecule has 2 aliphatic heterocycles. The number of fused-ring (bicyclic) bond motifs is 1. The zero-order valence-corrected chi connectivity index (χ0v) is 16.1. The van der Waals surface area contributed by atoms with Crippen LogP contribution in [0.5, 0.6) is 0 Å². The maximum Gasteiger partial charge on any atom is 0.227 e. The standard InChI is InChI=1S/C20H24N8/c1-15-12-18(25-20(24-15)28-6-2-3-7-28)26-8-10-27(11-9-26)19-16-4-5-21-13-17(16)22-14-23-19/h4-5,12-14H,2-3,6-11H2,1H3. The van der Waals surface area contributed by atoms with Crippen LogP contribution in [0.1, 0.15) is 18.5 Å². The third-order valence-electron chi connectivity index (χ3n) is 5.54. The van der Waals surface area contributed by atoms with E-state index < -0.39 is 0 Å². The highest BCUT2D eigenvalue weighted by molar-refractivity contribution is 5.88. The molecule has 2 aliphatic rings. The van der Waals surface area contributed by atoms with Crippen molar-refractivity contribution < 1.29 is 0 Å². The Kier molecular flexibility index (Phi) is 4.38. The summed E-state index contributed by atoms with van der Waals surface area (Å²) in [6.45, 7) is 7.80. The molecule has 0 saturated carbocycles. The van der Waals surface area contributed by atoms with Crippen molar-refractivity contribution >= 4 is 28.5 Å². The summed E-state index contributed by atoms with van der Waals surface area (Å²) in [5, 5.41) is 1.06. The first kappa shape index (κ1) is 17.1. The van der Waals surface area contributed by atoms with Gasteiger partial charge in [0.1, 0.15) is 18.0 Å². The van der Waals surface area contributed by atoms with E-state index in [1.807, 2.05) is 6.07 Å². The van der Waals surface area contributed by atoms with Crippen molar-refractivity contribution in [1.29, 1.82) is 0 Å². The van der Waals surface area contributed by atoms with Crippen molar-refractivity contribution in [2.24, 2.45) is 0 Å². The molecule has 0 aromatic carbocycles. The van der Waals surface area contributed by atoms with Crippen molar-refractivity contribution in [3.05, 3.63) is 36.5 Å². The van der Waals surface area contributed by atoms with Gasteiger partial charge in [-0.25, -0.2) is 15.0 Å². The van der Waals surface area contributed by atoms with Crippen molar-refractivity contribution in [2.45, 2.75) is 19.8 Å². The van der Waals surface area contributed by atoms with Crippen LogP contribution in [-0.2, 0) is 0 Å². The normalized spacial score (nSPS) is 17.5. The Bertz CT molecular complexity index is 972. The molecule has 5 rings (SSSR count). The van der Waals surface area contributed by atoms with E-state index in [4.69, 9.17) is 4.98 Å². The minimum Gasteiger partial charge on any atom is -0.353 e. The molecule has 5 heterocycles. The second-order valence-corrected chi connectivity index (χ2v) is 7.43. The van der Waals surface area contributed by atoms with Gasteiger partial charge in [-0.3, -0.25) is 4.98 Å². The van der Waals surface area contributed by atoms with Gasteiger partial charge in [0.05, 0.1) is 11.7 Å². The number of aryl methyl sites for hydroxylation is 1. The molecule has 8 heteroatoms. The molecule has 8 nitrogen and oxygen atoms in total. The van der Waals surface area contributed by atoms with Crippen LogP contribution in [0.4, 0.5) is 17.6 Å². The number of hydrogen-bond acceptors (Lipinski definition) is 8. The van der Waals surface area contributed by atoms with E-state index in [9.17, 15) is 0 Å². The molecule has 0 unspecified atom stereocenters. The molecule has 0 spiro atoms. The zero-order chi connectivity index (χ0) is 18.9. The van der Waals surface area contributed by atoms with Gasteiger partial charge in [0.2, 0.25) is 5.95 Å². The third kappa shape index (κ3) is 3.19. The molecule has 0 radical (unpaired) electrons. The lowest BCUT2D eigenvalue weighted by molar-refractivity contribution is 0.641. The lowest BCUT2D eigenvalue weighted by atomic mass is 10.2. The number of pyridine rings is 1. The van der Waals surface area contributed by atoms with Gasteiger partial charge in [0.25, 0.3) is 0 Å². The van der Waals surface area contributed by atoms with Crippen molar-refractivity contribution in [1.82, 2.24) is 24.9 Å². The average molecular weight is 376 g/mol. The number of anilines is 3. The molecule has 144 valence electrons. The Morgan fingerprint density at radius 1 is 0.857 bits per heavy atom. The largest absolute Gasteiger partial charge is 0.353 e. The van der Waals surface area contributed by atoms with Crippen LogP contribution in [0.2, 0.25) is 0 Å². The van der Waals surface area contributed by atoms with E-state index >= 15 is 0 Å². The summed E-state index contributed by atoms with van der Waals surface area (Å²) in [5.74, 6) is 2.90. The predicted octanol–water partition coefficient (Wildman–Crippen LogP) is 2.05. The highest BCUT2D eigenvalue weighted by atomic mass is 15.3. The van der Waals surface area contributed by atoms with Gasteiger partial charge in [-0.2, -0.15) is 4.98 Å². The van der Waals surface area contributed by atoms with Crippen LogP contribution in [0.25, 0.3) is 10.9 Å². The molecular weight excluding hydrogens is 352 g/mol. The molecule has 28 heavy (non-hydrogen) atoms.